The molecule has 2 aromatic rings. The first-order chi connectivity index (χ1) is 16.9. The van der Waals surface area contributed by atoms with Crippen LogP contribution in [-0.2, 0) is 11.3 Å². The lowest BCUT2D eigenvalue weighted by molar-refractivity contribution is -0.135. The topological polar surface area (TPSA) is 36.0 Å². The molecular formula is C29H40FN3O2. The second-order valence-corrected chi connectivity index (χ2v) is 10.4. The number of likely N-dealkylation sites (tertiary alicyclic amines) is 2. The molecule has 1 amide bonds. The van der Waals surface area contributed by atoms with Crippen LogP contribution >= 0.6 is 0 Å². The zero-order valence-electron chi connectivity index (χ0n) is 21.5. The van der Waals surface area contributed by atoms with Crippen LogP contribution in [0.5, 0.6) is 5.75 Å². The van der Waals surface area contributed by atoms with Crippen LogP contribution in [0, 0.1) is 17.7 Å². The van der Waals surface area contributed by atoms with Crippen LogP contribution in [0.4, 0.5) is 4.39 Å². The highest BCUT2D eigenvalue weighted by molar-refractivity contribution is 5.78. The monoisotopic (exact) mass is 481 g/mol. The van der Waals surface area contributed by atoms with E-state index in [1.54, 1.807) is 13.2 Å². The first-order valence-electron chi connectivity index (χ1n) is 13.1. The lowest BCUT2D eigenvalue weighted by Crippen LogP contribution is -2.43. The van der Waals surface area contributed by atoms with Crippen molar-refractivity contribution in [3.05, 3.63) is 65.5 Å². The van der Waals surface area contributed by atoms with E-state index < -0.39 is 0 Å². The van der Waals surface area contributed by atoms with Crippen LogP contribution in [-0.4, -0.2) is 73.5 Å². The number of methoxy groups -OCH3 is 1. The minimum atomic E-state index is -0.156. The number of halogens is 1. The van der Waals surface area contributed by atoms with Crippen LogP contribution in [0.3, 0.4) is 0 Å². The Morgan fingerprint density at radius 2 is 1.86 bits per heavy atom. The van der Waals surface area contributed by atoms with Gasteiger partial charge in [0.05, 0.1) is 7.11 Å². The Hall–Kier alpha value is -2.44. The second kappa shape index (κ2) is 12.0. The van der Waals surface area contributed by atoms with Gasteiger partial charge < -0.3 is 14.5 Å². The number of hydrogen-bond acceptors (Lipinski definition) is 4. The maximum absolute atomic E-state index is 14.4. The molecule has 2 aliphatic rings. The van der Waals surface area contributed by atoms with Gasteiger partial charge in [-0.25, -0.2) is 4.39 Å². The summed E-state index contributed by atoms with van der Waals surface area (Å²) in [6.07, 6.45) is 2.51. The Morgan fingerprint density at radius 3 is 2.57 bits per heavy atom. The molecule has 2 saturated heterocycles. The Balaban J connectivity index is 1.54. The molecule has 2 fully saturated rings. The molecule has 4 rings (SSSR count). The minimum absolute atomic E-state index is 0.0280. The third kappa shape index (κ3) is 6.62. The fourth-order valence-electron chi connectivity index (χ4n) is 5.60. The second-order valence-electron chi connectivity index (χ2n) is 10.4. The smallest absolute Gasteiger partial charge is 0.225 e. The summed E-state index contributed by atoms with van der Waals surface area (Å²) in [5, 5.41) is 0. The van der Waals surface area contributed by atoms with E-state index in [4.69, 9.17) is 4.74 Å². The number of carbonyl (C=O) groups excluding carboxylic acids is 1. The van der Waals surface area contributed by atoms with Crippen molar-refractivity contribution in [1.82, 2.24) is 14.7 Å². The van der Waals surface area contributed by atoms with Crippen LogP contribution < -0.4 is 4.74 Å². The van der Waals surface area contributed by atoms with Crippen molar-refractivity contribution in [2.45, 2.75) is 39.2 Å². The van der Waals surface area contributed by atoms with Crippen LogP contribution in [0.1, 0.15) is 43.7 Å². The highest BCUT2D eigenvalue weighted by atomic mass is 19.1. The molecule has 2 atom stereocenters. The largest absolute Gasteiger partial charge is 0.497 e. The molecule has 6 heteroatoms. The summed E-state index contributed by atoms with van der Waals surface area (Å²) in [4.78, 5) is 20.1. The van der Waals surface area contributed by atoms with E-state index >= 15 is 0 Å². The van der Waals surface area contributed by atoms with Crippen molar-refractivity contribution in [3.8, 4) is 5.75 Å². The van der Waals surface area contributed by atoms with Crippen molar-refractivity contribution < 1.29 is 13.9 Å². The van der Waals surface area contributed by atoms with Gasteiger partial charge in [-0.15, -0.1) is 0 Å². The number of carbonyl (C=O) groups is 1. The van der Waals surface area contributed by atoms with E-state index in [9.17, 15) is 9.18 Å². The molecular weight excluding hydrogens is 441 g/mol. The highest BCUT2D eigenvalue weighted by Crippen LogP contribution is 2.36. The summed E-state index contributed by atoms with van der Waals surface area (Å²) in [6, 6.07) is 15.3. The zero-order chi connectivity index (χ0) is 24.8. The molecule has 35 heavy (non-hydrogen) atoms. The van der Waals surface area contributed by atoms with Gasteiger partial charge in [-0.1, -0.05) is 44.2 Å². The van der Waals surface area contributed by atoms with Crippen molar-refractivity contribution >= 4 is 5.91 Å². The number of benzene rings is 2. The molecule has 0 bridgehead atoms. The SMILES string of the molecule is COc1cccc(C2CN(Cc3ccccc3F)CC2CN(CCN2CCCC2)C(=O)C(C)C)c1. The van der Waals surface area contributed by atoms with Gasteiger partial charge in [-0.3, -0.25) is 9.69 Å². The van der Waals surface area contributed by atoms with E-state index in [0.717, 1.165) is 57.1 Å². The van der Waals surface area contributed by atoms with Crippen molar-refractivity contribution in [1.29, 1.82) is 0 Å². The average Bonchev–Trinajstić information content (AvgIpc) is 3.52. The van der Waals surface area contributed by atoms with Gasteiger partial charge in [0.1, 0.15) is 11.6 Å². The Kier molecular flexibility index (Phi) is 8.79. The molecule has 2 unspecified atom stereocenters. The van der Waals surface area contributed by atoms with Crippen LogP contribution in [0.15, 0.2) is 48.5 Å². The lowest BCUT2D eigenvalue weighted by atomic mass is 9.88. The molecule has 2 aliphatic heterocycles. The summed E-state index contributed by atoms with van der Waals surface area (Å²) in [5.74, 6) is 1.41. The van der Waals surface area contributed by atoms with Gasteiger partial charge in [0, 0.05) is 56.7 Å². The summed E-state index contributed by atoms with van der Waals surface area (Å²) in [6.45, 7) is 10.9. The van der Waals surface area contributed by atoms with Gasteiger partial charge in [0.2, 0.25) is 5.91 Å². The fourth-order valence-corrected chi connectivity index (χ4v) is 5.60. The van der Waals surface area contributed by atoms with E-state index in [1.165, 1.54) is 24.5 Å². The molecule has 190 valence electrons. The zero-order valence-corrected chi connectivity index (χ0v) is 21.5. The third-order valence-corrected chi connectivity index (χ3v) is 7.54. The predicted octanol–water partition coefficient (Wildman–Crippen LogP) is 4.63. The van der Waals surface area contributed by atoms with Crippen molar-refractivity contribution in [3.63, 3.8) is 0 Å². The quantitative estimate of drug-likeness (QED) is 0.496. The molecule has 0 N–H and O–H groups in total. The molecule has 2 aromatic carbocycles. The summed E-state index contributed by atoms with van der Waals surface area (Å²) in [5.41, 5.74) is 1.95. The van der Waals surface area contributed by atoms with Gasteiger partial charge in [0.15, 0.2) is 0 Å². The van der Waals surface area contributed by atoms with Crippen molar-refractivity contribution in [2.24, 2.45) is 11.8 Å². The number of ether oxygens (including phenoxy) is 1. The van der Waals surface area contributed by atoms with Crippen molar-refractivity contribution in [2.75, 3.05) is 52.9 Å². The molecule has 0 aliphatic carbocycles. The molecule has 5 nitrogen and oxygen atoms in total. The van der Waals surface area contributed by atoms with Gasteiger partial charge >= 0.3 is 0 Å². The number of rotatable bonds is 10. The molecule has 0 spiro atoms. The number of hydrogen-bond donors (Lipinski definition) is 0. The number of nitrogens with zero attached hydrogens (tertiary/aromatic N) is 3. The van der Waals surface area contributed by atoms with E-state index in [0.29, 0.717) is 6.54 Å². The Bertz CT molecular complexity index is 976. The normalized spacial score (nSPS) is 21.1. The lowest BCUT2D eigenvalue weighted by Gasteiger charge is -2.31. The molecule has 2 heterocycles. The maximum Gasteiger partial charge on any atom is 0.225 e. The van der Waals surface area contributed by atoms with Gasteiger partial charge in [-0.05, 0) is 55.6 Å². The van der Waals surface area contributed by atoms with E-state index in [2.05, 4.69) is 26.8 Å². The molecule has 0 aromatic heterocycles. The maximum atomic E-state index is 14.4. The first kappa shape index (κ1) is 25.6. The Labute approximate surface area is 209 Å². The average molecular weight is 482 g/mol. The number of amides is 1. The van der Waals surface area contributed by atoms with Gasteiger partial charge in [-0.2, -0.15) is 0 Å². The highest BCUT2D eigenvalue weighted by Gasteiger charge is 2.36. The van der Waals surface area contributed by atoms with Gasteiger partial charge in [0.25, 0.3) is 0 Å². The van der Waals surface area contributed by atoms with Crippen LogP contribution in [0.25, 0.3) is 0 Å². The standard InChI is InChI=1S/C29H40FN3O2/c1-22(2)29(34)33(16-15-31-13-6-7-14-31)20-25-19-32(18-24-9-4-5-12-28(24)30)21-27(25)23-10-8-11-26(17-23)35-3/h4-5,8-12,17,22,25,27H,6-7,13-16,18-21H2,1-3H3. The summed E-state index contributed by atoms with van der Waals surface area (Å²) in [7, 11) is 1.69. The summed E-state index contributed by atoms with van der Waals surface area (Å²) < 4.78 is 19.9. The third-order valence-electron chi connectivity index (χ3n) is 7.54. The predicted molar refractivity (Wildman–Crippen MR) is 138 cm³/mol. The minimum Gasteiger partial charge on any atom is -0.497 e. The van der Waals surface area contributed by atoms with E-state index in [-0.39, 0.29) is 29.5 Å². The molecule has 0 radical (unpaired) electrons. The van der Waals surface area contributed by atoms with E-state index in [1.807, 2.05) is 38.1 Å². The Morgan fingerprint density at radius 1 is 1.09 bits per heavy atom. The fraction of sp³-hybridized carbons (Fsp3) is 0.552. The first-order valence-corrected chi connectivity index (χ1v) is 13.1. The summed E-state index contributed by atoms with van der Waals surface area (Å²) >= 11 is 0. The van der Waals surface area contributed by atoms with Crippen LogP contribution in [0.2, 0.25) is 0 Å². The molecule has 0 saturated carbocycles.